The van der Waals surface area contributed by atoms with E-state index < -0.39 is 5.41 Å². The molecule has 0 radical (unpaired) electrons. The number of hydrogen-bond donors (Lipinski definition) is 0. The fraction of sp³-hybridized carbons (Fsp3) is 0.0175. The van der Waals surface area contributed by atoms with Crippen molar-refractivity contribution in [1.29, 1.82) is 0 Å². The minimum Gasteiger partial charge on any atom is -0.310 e. The van der Waals surface area contributed by atoms with Gasteiger partial charge in [0.2, 0.25) is 0 Å². The summed E-state index contributed by atoms with van der Waals surface area (Å²) in [6.45, 7) is 0. The highest BCUT2D eigenvalue weighted by Gasteiger charge is 2.51. The van der Waals surface area contributed by atoms with Gasteiger partial charge in [-0.25, -0.2) is 0 Å². The van der Waals surface area contributed by atoms with Crippen LogP contribution in [0.1, 0.15) is 22.3 Å². The van der Waals surface area contributed by atoms with Crippen molar-refractivity contribution < 1.29 is 0 Å². The molecule has 0 saturated carbocycles. The second kappa shape index (κ2) is 12.4. The Morgan fingerprint density at radius 2 is 0.949 bits per heavy atom. The minimum absolute atomic E-state index is 0.590. The van der Waals surface area contributed by atoms with Crippen LogP contribution in [0.25, 0.3) is 75.1 Å². The van der Waals surface area contributed by atoms with E-state index in [9.17, 15) is 0 Å². The molecular formula is C57H35NS. The number of benzene rings is 10. The lowest BCUT2D eigenvalue weighted by molar-refractivity contribution is 0.775. The summed E-state index contributed by atoms with van der Waals surface area (Å²) in [4.78, 5) is 2.52. The number of anilines is 3. The topological polar surface area (TPSA) is 3.24 Å². The first-order valence-corrected chi connectivity index (χ1v) is 21.2. The van der Waals surface area contributed by atoms with Gasteiger partial charge < -0.3 is 4.90 Å². The van der Waals surface area contributed by atoms with Gasteiger partial charge in [0, 0.05) is 31.5 Å². The molecule has 0 bridgehead atoms. The van der Waals surface area contributed by atoms with E-state index in [0.29, 0.717) is 0 Å². The third kappa shape index (κ3) is 4.50. The molecule has 274 valence electrons. The summed E-state index contributed by atoms with van der Waals surface area (Å²) < 4.78 is 2.59. The van der Waals surface area contributed by atoms with Gasteiger partial charge in [-0.1, -0.05) is 170 Å². The second-order valence-corrected chi connectivity index (χ2v) is 17.0. The zero-order valence-electron chi connectivity index (χ0n) is 32.1. The quantitative estimate of drug-likeness (QED) is 0.172. The Bertz CT molecular complexity index is 3520. The molecule has 1 heterocycles. The van der Waals surface area contributed by atoms with Crippen LogP contribution < -0.4 is 4.90 Å². The summed E-state index contributed by atoms with van der Waals surface area (Å²) in [5.74, 6) is 0. The van der Waals surface area contributed by atoms with Crippen LogP contribution in [0.3, 0.4) is 0 Å². The van der Waals surface area contributed by atoms with E-state index in [2.05, 4.69) is 217 Å². The first kappa shape index (κ1) is 32.8. The van der Waals surface area contributed by atoms with Crippen LogP contribution in [0.4, 0.5) is 17.1 Å². The van der Waals surface area contributed by atoms with Crippen molar-refractivity contribution in [2.75, 3.05) is 4.90 Å². The van der Waals surface area contributed by atoms with Gasteiger partial charge >= 0.3 is 0 Å². The van der Waals surface area contributed by atoms with Crippen LogP contribution >= 0.6 is 11.3 Å². The van der Waals surface area contributed by atoms with Crippen molar-refractivity contribution in [2.24, 2.45) is 0 Å². The highest BCUT2D eigenvalue weighted by atomic mass is 32.1. The third-order valence-electron chi connectivity index (χ3n) is 13.0. The van der Waals surface area contributed by atoms with Crippen molar-refractivity contribution in [3.05, 3.63) is 235 Å². The maximum absolute atomic E-state index is 2.54. The zero-order valence-corrected chi connectivity index (χ0v) is 32.9. The normalized spacial score (nSPS) is 14.8. The van der Waals surface area contributed by atoms with Gasteiger partial charge in [0.25, 0.3) is 0 Å². The van der Waals surface area contributed by atoms with Crippen LogP contribution in [0.2, 0.25) is 0 Å². The molecule has 0 fully saturated rings. The highest BCUT2D eigenvalue weighted by molar-refractivity contribution is 7.26. The molecule has 11 aromatic rings. The number of fused-ring (bicyclic) bond motifs is 13. The fourth-order valence-corrected chi connectivity index (χ4v) is 11.8. The largest absolute Gasteiger partial charge is 0.310 e. The average molecular weight is 766 g/mol. The van der Waals surface area contributed by atoms with E-state index in [1.807, 2.05) is 11.3 Å². The van der Waals surface area contributed by atoms with Crippen molar-refractivity contribution >= 4 is 70.1 Å². The maximum atomic E-state index is 2.54. The van der Waals surface area contributed by atoms with Gasteiger partial charge in [-0.2, -0.15) is 0 Å². The lowest BCUT2D eigenvalue weighted by Crippen LogP contribution is -2.32. The number of nitrogens with zero attached hydrogens (tertiary/aromatic N) is 1. The number of hydrogen-bond acceptors (Lipinski definition) is 2. The van der Waals surface area contributed by atoms with Crippen LogP contribution in [0.15, 0.2) is 212 Å². The van der Waals surface area contributed by atoms with E-state index in [4.69, 9.17) is 0 Å². The standard InChI is InChI=1S/C57H35NS/c1-2-15-37(16-3-1)42-32-29-38-18-12-22-46-44-20-7-10-24-49(44)57(56(42)54(38)46)48-23-9-6-19-43(48)45-33-31-41(35-50(45)57)58(40-30-28-36-14-4-5-17-39(36)34-40)51-25-13-27-53-55(51)47-21-8-11-26-52(47)59-53/h1-35H. The second-order valence-electron chi connectivity index (χ2n) is 15.9. The monoisotopic (exact) mass is 765 g/mol. The summed E-state index contributed by atoms with van der Waals surface area (Å²) in [6, 6.07) is 79.6. The molecule has 0 aliphatic heterocycles. The summed E-state index contributed by atoms with van der Waals surface area (Å²) in [5, 5.41) is 7.63. The smallest absolute Gasteiger partial charge is 0.0732 e. The predicted octanol–water partition coefficient (Wildman–Crippen LogP) is 15.8. The molecule has 1 unspecified atom stereocenters. The Labute approximate surface area is 346 Å². The fourth-order valence-electron chi connectivity index (χ4n) is 10.7. The molecule has 1 aromatic heterocycles. The maximum Gasteiger partial charge on any atom is 0.0732 e. The Hall–Kier alpha value is -7.26. The summed E-state index contributed by atoms with van der Waals surface area (Å²) in [5.41, 5.74) is 15.9. The van der Waals surface area contributed by atoms with Gasteiger partial charge in [-0.3, -0.25) is 0 Å². The van der Waals surface area contributed by atoms with Gasteiger partial charge in [-0.05, 0) is 120 Å². The number of thiophene rings is 1. The van der Waals surface area contributed by atoms with Crippen LogP contribution in [-0.4, -0.2) is 0 Å². The lowest BCUT2D eigenvalue weighted by atomic mass is 9.60. The molecule has 1 nitrogen and oxygen atoms in total. The van der Waals surface area contributed by atoms with Gasteiger partial charge in [-0.15, -0.1) is 11.3 Å². The minimum atomic E-state index is -0.590. The molecule has 1 atom stereocenters. The van der Waals surface area contributed by atoms with Crippen LogP contribution in [0, 0.1) is 0 Å². The Kier molecular flexibility index (Phi) is 6.87. The van der Waals surface area contributed by atoms with E-state index in [1.54, 1.807) is 0 Å². The highest BCUT2D eigenvalue weighted by Crippen LogP contribution is 2.64. The Balaban J connectivity index is 1.18. The van der Waals surface area contributed by atoms with Crippen LogP contribution in [-0.2, 0) is 5.41 Å². The van der Waals surface area contributed by atoms with Crippen molar-refractivity contribution in [3.8, 4) is 33.4 Å². The van der Waals surface area contributed by atoms with Gasteiger partial charge in [0.1, 0.15) is 0 Å². The van der Waals surface area contributed by atoms with E-state index in [0.717, 1.165) is 11.4 Å². The molecule has 2 aliphatic carbocycles. The van der Waals surface area contributed by atoms with Gasteiger partial charge in [0.15, 0.2) is 0 Å². The summed E-state index contributed by atoms with van der Waals surface area (Å²) in [7, 11) is 0. The predicted molar refractivity (Wildman–Crippen MR) is 251 cm³/mol. The molecule has 0 saturated heterocycles. The lowest BCUT2D eigenvalue weighted by Gasteiger charge is -2.41. The molecule has 2 heteroatoms. The van der Waals surface area contributed by atoms with Crippen molar-refractivity contribution in [3.63, 3.8) is 0 Å². The zero-order chi connectivity index (χ0) is 38.7. The molecule has 0 N–H and O–H groups in total. The average Bonchev–Trinajstić information content (AvgIpc) is 3.82. The SMILES string of the molecule is c1ccc(-c2ccc3cccc4c3c2C2(c3ccccc3-c3ccc(N(c5ccc6ccccc6c5)c5cccc6sc7ccccc7c56)cc32)c2ccccc2-4)cc1. The molecule has 13 rings (SSSR count). The van der Waals surface area contributed by atoms with Crippen LogP contribution in [0.5, 0.6) is 0 Å². The molecule has 59 heavy (non-hydrogen) atoms. The summed E-state index contributed by atoms with van der Waals surface area (Å²) >= 11 is 1.87. The first-order chi connectivity index (χ1) is 29.3. The number of rotatable bonds is 4. The third-order valence-corrected chi connectivity index (χ3v) is 14.2. The van der Waals surface area contributed by atoms with Gasteiger partial charge in [0.05, 0.1) is 11.1 Å². The Morgan fingerprint density at radius 1 is 0.356 bits per heavy atom. The summed E-state index contributed by atoms with van der Waals surface area (Å²) in [6.07, 6.45) is 0. The first-order valence-electron chi connectivity index (χ1n) is 20.4. The molecule has 0 amide bonds. The molecule has 2 aliphatic rings. The van der Waals surface area contributed by atoms with Crippen molar-refractivity contribution in [2.45, 2.75) is 5.41 Å². The van der Waals surface area contributed by atoms with Crippen molar-refractivity contribution in [1.82, 2.24) is 0 Å². The van der Waals surface area contributed by atoms with E-state index in [-0.39, 0.29) is 0 Å². The Morgan fingerprint density at radius 3 is 1.81 bits per heavy atom. The molecule has 10 aromatic carbocycles. The molecule has 1 spiro atoms. The molecular weight excluding hydrogens is 731 g/mol. The van der Waals surface area contributed by atoms with E-state index >= 15 is 0 Å². The van der Waals surface area contributed by atoms with E-state index in [1.165, 1.54) is 103 Å².